The third kappa shape index (κ3) is 14.8. The van der Waals surface area contributed by atoms with Crippen LogP contribution in [-0.2, 0) is 9.53 Å². The molecule has 0 aliphatic rings. The first kappa shape index (κ1) is 32.6. The van der Waals surface area contributed by atoms with E-state index in [1.165, 1.54) is 26.2 Å². The Labute approximate surface area is 217 Å². The predicted molar refractivity (Wildman–Crippen MR) is 152 cm³/mol. The Kier molecular flexibility index (Phi) is 16.2. The van der Waals surface area contributed by atoms with Crippen LogP contribution in [0.4, 0.5) is 0 Å². The lowest BCUT2D eigenvalue weighted by Gasteiger charge is -2.22. The van der Waals surface area contributed by atoms with E-state index in [-0.39, 0.29) is 17.7 Å². The average molecular weight is 494 g/mol. The molecule has 0 saturated carbocycles. The Morgan fingerprint density at radius 3 is 2.33 bits per heavy atom. The summed E-state index contributed by atoms with van der Waals surface area (Å²) in [5.41, 5.74) is 1.46. The highest BCUT2D eigenvalue weighted by atomic mass is 16.5. The van der Waals surface area contributed by atoms with Crippen LogP contribution in [0.1, 0.15) is 41.0 Å². The van der Waals surface area contributed by atoms with E-state index in [9.17, 15) is 15.0 Å². The average Bonchev–Trinajstić information content (AvgIpc) is 2.83. The Morgan fingerprint density at radius 1 is 1.03 bits per heavy atom. The second kappa shape index (κ2) is 17.9. The van der Waals surface area contributed by atoms with Gasteiger partial charge in [0.1, 0.15) is 11.7 Å². The number of hydrogen-bond donors (Lipinski definition) is 3. The van der Waals surface area contributed by atoms with Gasteiger partial charge in [0.2, 0.25) is 0 Å². The second-order valence-electron chi connectivity index (χ2n) is 8.69. The van der Waals surface area contributed by atoms with Crippen molar-refractivity contribution < 1.29 is 19.7 Å². The van der Waals surface area contributed by atoms with Gasteiger partial charge >= 0.3 is 0 Å². The zero-order chi connectivity index (χ0) is 27.6. The van der Waals surface area contributed by atoms with Gasteiger partial charge in [0.15, 0.2) is 5.76 Å². The van der Waals surface area contributed by atoms with Gasteiger partial charge in [-0.15, -0.1) is 0 Å². The van der Waals surface area contributed by atoms with Crippen LogP contribution < -0.4 is 5.32 Å². The molecule has 0 spiro atoms. The fourth-order valence-corrected chi connectivity index (χ4v) is 2.71. The van der Waals surface area contributed by atoms with Crippen molar-refractivity contribution >= 4 is 5.91 Å². The fraction of sp³-hybridized carbons (Fsp3) is 0.323. The van der Waals surface area contributed by atoms with Gasteiger partial charge in [0.25, 0.3) is 5.91 Å². The summed E-state index contributed by atoms with van der Waals surface area (Å²) < 4.78 is 5.25. The minimum atomic E-state index is -1.43. The molecular formula is C31H43NO4. The predicted octanol–water partition coefficient (Wildman–Crippen LogP) is 5.96. The molecule has 0 saturated heterocycles. The minimum Gasteiger partial charge on any atom is -0.491 e. The first-order chi connectivity index (χ1) is 17.0. The number of rotatable bonds is 15. The molecule has 3 N–H and O–H groups in total. The maximum Gasteiger partial charge on any atom is 0.286 e. The van der Waals surface area contributed by atoms with Crippen molar-refractivity contribution in [2.24, 2.45) is 0 Å². The standard InChI is InChI=1S/C31H43NO4/c1-9-16-25(4)17-13-14-19-29(33)31(7,35)22-15-11-12-18-26(5)23-28(36-8)30(34)32-27(6)21-20-24(3)10-2/h9-20,22-23,27,29,33,35H,1-2,21H2,3-8H3,(H,32,34)/b12-11+,17-13+,19-14-,22-15+,24-20+,25-16+,26-18+,28-23-/t27-,29-,31+/m0/s1. The highest BCUT2D eigenvalue weighted by Crippen LogP contribution is 2.14. The molecule has 36 heavy (non-hydrogen) atoms. The molecule has 0 aliphatic heterocycles. The highest BCUT2D eigenvalue weighted by Gasteiger charge is 2.24. The number of hydrogen-bond acceptors (Lipinski definition) is 4. The molecule has 0 bridgehead atoms. The smallest absolute Gasteiger partial charge is 0.286 e. The van der Waals surface area contributed by atoms with Gasteiger partial charge in [-0.1, -0.05) is 103 Å². The largest absolute Gasteiger partial charge is 0.491 e. The number of allylic oxidation sites excluding steroid dienone is 14. The van der Waals surface area contributed by atoms with Crippen molar-refractivity contribution in [1.82, 2.24) is 5.32 Å². The molecule has 0 aromatic rings. The van der Waals surface area contributed by atoms with Gasteiger partial charge in [0.05, 0.1) is 7.11 Å². The maximum atomic E-state index is 12.5. The maximum absolute atomic E-state index is 12.5. The Bertz CT molecular complexity index is 969. The van der Waals surface area contributed by atoms with Crippen molar-refractivity contribution in [2.45, 2.75) is 58.8 Å². The number of nitrogens with one attached hydrogen (secondary N) is 1. The molecule has 196 valence electrons. The van der Waals surface area contributed by atoms with E-state index in [4.69, 9.17) is 4.74 Å². The molecule has 0 aromatic heterocycles. The minimum absolute atomic E-state index is 0.0486. The van der Waals surface area contributed by atoms with Crippen molar-refractivity contribution in [3.05, 3.63) is 121 Å². The lowest BCUT2D eigenvalue weighted by atomic mass is 9.98. The van der Waals surface area contributed by atoms with E-state index < -0.39 is 11.7 Å². The zero-order valence-corrected chi connectivity index (χ0v) is 22.6. The molecule has 0 unspecified atom stereocenters. The number of aliphatic hydroxyl groups excluding tert-OH is 1. The quantitative estimate of drug-likeness (QED) is 0.149. The topological polar surface area (TPSA) is 78.8 Å². The normalized spacial score (nSPS) is 17.6. The van der Waals surface area contributed by atoms with Crippen molar-refractivity contribution in [3.63, 3.8) is 0 Å². The lowest BCUT2D eigenvalue weighted by molar-refractivity contribution is -0.121. The van der Waals surface area contributed by atoms with Crippen LogP contribution in [0, 0.1) is 0 Å². The number of amides is 1. The van der Waals surface area contributed by atoms with E-state index in [1.54, 1.807) is 48.6 Å². The second-order valence-corrected chi connectivity index (χ2v) is 8.69. The van der Waals surface area contributed by atoms with Crippen LogP contribution >= 0.6 is 0 Å². The molecule has 0 heterocycles. The third-order valence-electron chi connectivity index (χ3n) is 5.05. The zero-order valence-electron chi connectivity index (χ0n) is 22.6. The molecule has 5 nitrogen and oxygen atoms in total. The summed E-state index contributed by atoms with van der Waals surface area (Å²) in [4.78, 5) is 12.5. The van der Waals surface area contributed by atoms with Gasteiger partial charge in [-0.05, 0) is 52.7 Å². The summed E-state index contributed by atoms with van der Waals surface area (Å²) in [6.45, 7) is 16.6. The van der Waals surface area contributed by atoms with Crippen LogP contribution in [0.3, 0.4) is 0 Å². The molecular weight excluding hydrogens is 450 g/mol. The number of carbonyl (C=O) groups is 1. The Morgan fingerprint density at radius 2 is 1.72 bits per heavy atom. The Balaban J connectivity index is 5.03. The molecule has 3 atom stereocenters. The van der Waals surface area contributed by atoms with E-state index in [0.717, 1.165) is 16.7 Å². The summed E-state index contributed by atoms with van der Waals surface area (Å²) in [5.74, 6) is -0.0721. The van der Waals surface area contributed by atoms with Crippen LogP contribution in [0.2, 0.25) is 0 Å². The molecule has 0 fully saturated rings. The van der Waals surface area contributed by atoms with Crippen LogP contribution in [0.25, 0.3) is 0 Å². The molecule has 1 amide bonds. The van der Waals surface area contributed by atoms with Gasteiger partial charge in [-0.2, -0.15) is 0 Å². The summed E-state index contributed by atoms with van der Waals surface area (Å²) in [5, 5.41) is 23.6. The first-order valence-electron chi connectivity index (χ1n) is 11.9. The number of ether oxygens (including phenoxy) is 1. The van der Waals surface area contributed by atoms with Gasteiger partial charge in [-0.3, -0.25) is 4.79 Å². The summed E-state index contributed by atoms with van der Waals surface area (Å²) in [7, 11) is 1.46. The van der Waals surface area contributed by atoms with Gasteiger partial charge < -0.3 is 20.3 Å². The van der Waals surface area contributed by atoms with E-state index in [1.807, 2.05) is 52.0 Å². The van der Waals surface area contributed by atoms with Crippen molar-refractivity contribution in [1.29, 1.82) is 0 Å². The van der Waals surface area contributed by atoms with Crippen LogP contribution in [0.15, 0.2) is 121 Å². The van der Waals surface area contributed by atoms with Crippen molar-refractivity contribution in [3.8, 4) is 0 Å². The fourth-order valence-electron chi connectivity index (χ4n) is 2.71. The van der Waals surface area contributed by atoms with E-state index >= 15 is 0 Å². The SMILES string of the molecule is C=C/C=C(C)/C=C/C=C\[C@H](O)[C@](C)(O)/C=C/C=C/C=C(C)/C=C(\OC)C(=O)N[C@@H](C)C/C=C(\C)C=C. The van der Waals surface area contributed by atoms with E-state index in [2.05, 4.69) is 18.5 Å². The van der Waals surface area contributed by atoms with Crippen LogP contribution in [0.5, 0.6) is 0 Å². The molecule has 0 aliphatic carbocycles. The summed E-state index contributed by atoms with van der Waals surface area (Å²) >= 11 is 0. The highest BCUT2D eigenvalue weighted by molar-refractivity contribution is 5.92. The first-order valence-corrected chi connectivity index (χ1v) is 11.9. The molecule has 5 heteroatoms. The third-order valence-corrected chi connectivity index (χ3v) is 5.05. The number of methoxy groups -OCH3 is 1. The summed E-state index contributed by atoms with van der Waals surface area (Å²) in [6.07, 6.45) is 24.0. The lowest BCUT2D eigenvalue weighted by Crippen LogP contribution is -2.35. The monoisotopic (exact) mass is 493 g/mol. The van der Waals surface area contributed by atoms with Crippen molar-refractivity contribution in [2.75, 3.05) is 7.11 Å². The van der Waals surface area contributed by atoms with Crippen LogP contribution in [-0.4, -0.2) is 41.0 Å². The number of aliphatic hydroxyl groups is 2. The molecule has 0 radical (unpaired) electrons. The number of carbonyl (C=O) groups excluding carboxylic acids is 1. The summed E-state index contributed by atoms with van der Waals surface area (Å²) in [6, 6.07) is -0.0486. The van der Waals surface area contributed by atoms with Gasteiger partial charge in [-0.25, -0.2) is 0 Å². The van der Waals surface area contributed by atoms with Gasteiger partial charge in [0, 0.05) is 6.04 Å². The molecule has 0 aromatic carbocycles. The Hall–Kier alpha value is -3.41. The molecule has 0 rings (SSSR count). The van der Waals surface area contributed by atoms with E-state index in [0.29, 0.717) is 6.42 Å².